The number of carboxylic acid groups (broad SMARTS) is 1. The van der Waals surface area contributed by atoms with Crippen LogP contribution in [0, 0.1) is 11.8 Å². The second kappa shape index (κ2) is 6.92. The molecule has 5 nitrogen and oxygen atoms in total. The Hall–Kier alpha value is -1.31. The molecule has 0 aromatic carbocycles. The number of aliphatic carboxylic acids is 1. The van der Waals surface area contributed by atoms with E-state index in [9.17, 15) is 22.8 Å². The van der Waals surface area contributed by atoms with Crippen molar-refractivity contribution in [1.82, 2.24) is 5.32 Å². The fourth-order valence-corrected chi connectivity index (χ4v) is 2.50. The van der Waals surface area contributed by atoms with E-state index in [-0.39, 0.29) is 19.3 Å². The number of amides is 1. The number of carboxylic acids is 1. The van der Waals surface area contributed by atoms with Crippen LogP contribution in [-0.4, -0.2) is 40.9 Å². The third kappa shape index (κ3) is 4.36. The Morgan fingerprint density at radius 1 is 1.25 bits per heavy atom. The van der Waals surface area contributed by atoms with Gasteiger partial charge in [-0.25, -0.2) is 4.79 Å². The number of aliphatic hydroxyl groups is 1. The van der Waals surface area contributed by atoms with Crippen molar-refractivity contribution in [3.8, 4) is 0 Å². The molecular weight excluding hydrogens is 279 g/mol. The Labute approximate surface area is 114 Å². The molecule has 1 fully saturated rings. The maximum Gasteiger partial charge on any atom is 0.392 e. The lowest BCUT2D eigenvalue weighted by Gasteiger charge is -2.32. The van der Waals surface area contributed by atoms with Crippen LogP contribution < -0.4 is 5.32 Å². The smallest absolute Gasteiger partial charge is 0.392 e. The number of nitrogens with one attached hydrogen (secondary N) is 1. The molecule has 1 aliphatic rings. The summed E-state index contributed by atoms with van der Waals surface area (Å²) in [7, 11) is 0. The van der Waals surface area contributed by atoms with Crippen molar-refractivity contribution in [1.29, 1.82) is 0 Å². The van der Waals surface area contributed by atoms with Gasteiger partial charge in [0.2, 0.25) is 5.91 Å². The lowest BCUT2D eigenvalue weighted by atomic mass is 9.78. The Bertz CT molecular complexity index is 359. The topological polar surface area (TPSA) is 86.6 Å². The molecule has 0 aromatic rings. The molecule has 1 saturated carbocycles. The lowest BCUT2D eigenvalue weighted by molar-refractivity contribution is -0.198. The molecule has 0 spiro atoms. The normalized spacial score (nSPS) is 25.0. The van der Waals surface area contributed by atoms with Gasteiger partial charge in [0, 0.05) is 18.9 Å². The summed E-state index contributed by atoms with van der Waals surface area (Å²) in [6, 6.07) is -1.36. The van der Waals surface area contributed by atoms with E-state index in [1.165, 1.54) is 0 Å². The molecule has 1 aliphatic carbocycles. The molecule has 3 atom stereocenters. The molecule has 3 N–H and O–H groups in total. The van der Waals surface area contributed by atoms with E-state index in [0.29, 0.717) is 12.8 Å². The fraction of sp³-hybridized carbons (Fsp3) is 0.833. The van der Waals surface area contributed by atoms with Gasteiger partial charge in [-0.05, 0) is 12.8 Å². The third-order valence-corrected chi connectivity index (χ3v) is 3.56. The number of carbonyl (C=O) groups excluding carboxylic acids is 1. The minimum Gasteiger partial charge on any atom is -0.480 e. The van der Waals surface area contributed by atoms with Crippen LogP contribution in [0.5, 0.6) is 0 Å². The predicted octanol–water partition coefficient (Wildman–Crippen LogP) is 1.31. The van der Waals surface area contributed by atoms with E-state index in [0.717, 1.165) is 0 Å². The Morgan fingerprint density at radius 2 is 1.85 bits per heavy atom. The van der Waals surface area contributed by atoms with E-state index in [1.54, 1.807) is 0 Å². The van der Waals surface area contributed by atoms with Crippen LogP contribution in [0.2, 0.25) is 0 Å². The highest BCUT2D eigenvalue weighted by Gasteiger charge is 2.48. The first-order valence-corrected chi connectivity index (χ1v) is 6.48. The number of carbonyl (C=O) groups is 2. The zero-order valence-electron chi connectivity index (χ0n) is 10.8. The molecule has 0 heterocycles. The van der Waals surface area contributed by atoms with Gasteiger partial charge in [-0.3, -0.25) is 4.79 Å². The van der Waals surface area contributed by atoms with Crippen LogP contribution in [-0.2, 0) is 9.59 Å². The second-order valence-electron chi connectivity index (χ2n) is 4.95. The molecule has 0 aromatic heterocycles. The summed E-state index contributed by atoms with van der Waals surface area (Å²) >= 11 is 0. The number of aliphatic hydroxyl groups excluding tert-OH is 1. The zero-order valence-corrected chi connectivity index (χ0v) is 10.8. The summed E-state index contributed by atoms with van der Waals surface area (Å²) in [5, 5.41) is 19.6. The summed E-state index contributed by atoms with van der Waals surface area (Å²) in [4.78, 5) is 22.7. The van der Waals surface area contributed by atoms with Gasteiger partial charge in [0.05, 0.1) is 5.92 Å². The number of rotatable bonds is 5. The van der Waals surface area contributed by atoms with E-state index in [1.807, 2.05) is 0 Å². The van der Waals surface area contributed by atoms with E-state index in [2.05, 4.69) is 5.32 Å². The monoisotopic (exact) mass is 297 g/mol. The molecule has 0 radical (unpaired) electrons. The molecule has 20 heavy (non-hydrogen) atoms. The van der Waals surface area contributed by atoms with Gasteiger partial charge in [-0.1, -0.05) is 12.8 Å². The lowest BCUT2D eigenvalue weighted by Crippen LogP contribution is -2.48. The van der Waals surface area contributed by atoms with Gasteiger partial charge in [0.15, 0.2) is 0 Å². The van der Waals surface area contributed by atoms with E-state index >= 15 is 0 Å². The standard InChI is InChI=1S/C12H18F3NO4/c13-12(14,15)8-4-2-1-3-7(8)10(18)16-9(5-6-17)11(19)20/h7-9,17H,1-6H2,(H,16,18)(H,19,20)/t7?,8?,9-/m1/s1. The minimum atomic E-state index is -4.46. The molecule has 2 unspecified atom stereocenters. The summed E-state index contributed by atoms with van der Waals surface area (Å²) < 4.78 is 38.6. The highest BCUT2D eigenvalue weighted by atomic mass is 19.4. The number of halogens is 3. The highest BCUT2D eigenvalue weighted by molar-refractivity contribution is 5.85. The molecule has 8 heteroatoms. The third-order valence-electron chi connectivity index (χ3n) is 3.56. The number of alkyl halides is 3. The summed E-state index contributed by atoms with van der Waals surface area (Å²) in [6.45, 7) is -0.468. The Balaban J connectivity index is 2.74. The van der Waals surface area contributed by atoms with Crippen molar-refractivity contribution >= 4 is 11.9 Å². The van der Waals surface area contributed by atoms with Crippen molar-refractivity contribution in [3.05, 3.63) is 0 Å². The fourth-order valence-electron chi connectivity index (χ4n) is 2.50. The van der Waals surface area contributed by atoms with Gasteiger partial charge in [-0.15, -0.1) is 0 Å². The average Bonchev–Trinajstić information content (AvgIpc) is 2.37. The molecular formula is C12H18F3NO4. The Morgan fingerprint density at radius 3 is 2.35 bits per heavy atom. The Kier molecular flexibility index (Phi) is 5.79. The molecule has 0 bridgehead atoms. The first kappa shape index (κ1) is 16.7. The van der Waals surface area contributed by atoms with Crippen molar-refractivity contribution in [2.45, 2.75) is 44.3 Å². The predicted molar refractivity (Wildman–Crippen MR) is 62.8 cm³/mol. The van der Waals surface area contributed by atoms with Crippen LogP contribution in [0.15, 0.2) is 0 Å². The molecule has 1 rings (SSSR count). The maximum absolute atomic E-state index is 12.9. The zero-order chi connectivity index (χ0) is 15.3. The molecule has 0 saturated heterocycles. The largest absolute Gasteiger partial charge is 0.480 e. The number of hydrogen-bond acceptors (Lipinski definition) is 3. The molecule has 116 valence electrons. The van der Waals surface area contributed by atoms with Crippen LogP contribution in [0.25, 0.3) is 0 Å². The van der Waals surface area contributed by atoms with Crippen LogP contribution >= 0.6 is 0 Å². The van der Waals surface area contributed by atoms with Crippen molar-refractivity contribution in [2.75, 3.05) is 6.61 Å². The summed E-state index contributed by atoms with van der Waals surface area (Å²) in [5.41, 5.74) is 0. The van der Waals surface area contributed by atoms with E-state index in [4.69, 9.17) is 10.2 Å². The quantitative estimate of drug-likeness (QED) is 0.714. The highest BCUT2D eigenvalue weighted by Crippen LogP contribution is 2.41. The summed E-state index contributed by atoms with van der Waals surface area (Å²) in [6.07, 6.45) is -3.78. The SMILES string of the molecule is O=C(N[C@H](CCO)C(=O)O)C1CCCCC1C(F)(F)F. The van der Waals surface area contributed by atoms with Gasteiger partial charge in [0.25, 0.3) is 0 Å². The van der Waals surface area contributed by atoms with Gasteiger partial charge in [-0.2, -0.15) is 13.2 Å². The molecule has 1 amide bonds. The van der Waals surface area contributed by atoms with Crippen molar-refractivity contribution < 1.29 is 33.0 Å². The van der Waals surface area contributed by atoms with Gasteiger partial charge < -0.3 is 15.5 Å². The maximum atomic E-state index is 12.9. The van der Waals surface area contributed by atoms with Crippen molar-refractivity contribution in [2.24, 2.45) is 11.8 Å². The second-order valence-corrected chi connectivity index (χ2v) is 4.95. The summed E-state index contributed by atoms with van der Waals surface area (Å²) in [5.74, 6) is -5.23. The average molecular weight is 297 g/mol. The first-order valence-electron chi connectivity index (χ1n) is 6.48. The number of hydrogen-bond donors (Lipinski definition) is 3. The van der Waals surface area contributed by atoms with Crippen LogP contribution in [0.4, 0.5) is 13.2 Å². The first-order chi connectivity index (χ1) is 9.27. The minimum absolute atomic E-state index is 0.0987. The van der Waals surface area contributed by atoms with Gasteiger partial charge in [0.1, 0.15) is 6.04 Å². The van der Waals surface area contributed by atoms with E-state index < -0.39 is 42.5 Å². The van der Waals surface area contributed by atoms with Crippen LogP contribution in [0.1, 0.15) is 32.1 Å². The van der Waals surface area contributed by atoms with Crippen LogP contribution in [0.3, 0.4) is 0 Å². The molecule has 0 aliphatic heterocycles. The van der Waals surface area contributed by atoms with Crippen molar-refractivity contribution in [3.63, 3.8) is 0 Å². The van der Waals surface area contributed by atoms with Gasteiger partial charge >= 0.3 is 12.1 Å².